The van der Waals surface area contributed by atoms with Crippen molar-refractivity contribution in [1.82, 2.24) is 10.2 Å². The van der Waals surface area contributed by atoms with Crippen molar-refractivity contribution in [1.29, 1.82) is 0 Å². The minimum absolute atomic E-state index is 0.253. The number of nitrogens with zero attached hydrogens (tertiary/aromatic N) is 1. The van der Waals surface area contributed by atoms with Gasteiger partial charge in [-0.2, -0.15) is 0 Å². The highest BCUT2D eigenvalue weighted by Crippen LogP contribution is 2.16. The molecule has 0 radical (unpaired) electrons. The van der Waals surface area contributed by atoms with Crippen LogP contribution < -0.4 is 5.32 Å². The molecule has 2 rings (SSSR count). The zero-order chi connectivity index (χ0) is 11.4. The van der Waals surface area contributed by atoms with Crippen LogP contribution in [0.5, 0.6) is 0 Å². The lowest BCUT2D eigenvalue weighted by molar-refractivity contribution is -0.129. The summed E-state index contributed by atoms with van der Waals surface area (Å²) in [6.45, 7) is 6.24. The number of amides is 1. The quantitative estimate of drug-likeness (QED) is 0.764. The highest BCUT2D eigenvalue weighted by atomic mass is 16.5. The fourth-order valence-electron chi connectivity index (χ4n) is 2.44. The summed E-state index contributed by atoms with van der Waals surface area (Å²) in [6, 6.07) is 0.383. The lowest BCUT2D eigenvalue weighted by Gasteiger charge is -2.21. The van der Waals surface area contributed by atoms with Crippen molar-refractivity contribution < 1.29 is 9.53 Å². The normalized spacial score (nSPS) is 27.3. The molecule has 0 saturated carbocycles. The van der Waals surface area contributed by atoms with Crippen molar-refractivity contribution in [2.45, 2.75) is 32.2 Å². The van der Waals surface area contributed by atoms with Gasteiger partial charge in [-0.3, -0.25) is 4.79 Å². The fourth-order valence-corrected chi connectivity index (χ4v) is 2.44. The Morgan fingerprint density at radius 3 is 2.88 bits per heavy atom. The summed E-state index contributed by atoms with van der Waals surface area (Å²) in [5.74, 6) is 0.828. The third-order valence-electron chi connectivity index (χ3n) is 3.71. The zero-order valence-electron chi connectivity index (χ0n) is 10.1. The van der Waals surface area contributed by atoms with E-state index in [1.807, 2.05) is 4.90 Å². The first-order chi connectivity index (χ1) is 7.77. The predicted molar refractivity (Wildman–Crippen MR) is 62.2 cm³/mol. The van der Waals surface area contributed by atoms with E-state index in [2.05, 4.69) is 12.2 Å². The van der Waals surface area contributed by atoms with E-state index >= 15 is 0 Å². The molecule has 0 aromatic carbocycles. The molecule has 2 atom stereocenters. The molecule has 0 spiro atoms. The predicted octanol–water partition coefficient (Wildman–Crippen LogP) is 0.623. The van der Waals surface area contributed by atoms with E-state index in [1.165, 1.54) is 0 Å². The molecule has 0 aromatic heterocycles. The Bertz CT molecular complexity index is 233. The summed E-state index contributed by atoms with van der Waals surface area (Å²) in [5, 5.41) is 3.33. The van der Waals surface area contributed by atoms with E-state index in [0.29, 0.717) is 18.5 Å². The number of ether oxygens (including phenoxy) is 1. The van der Waals surface area contributed by atoms with Gasteiger partial charge in [0.25, 0.3) is 0 Å². The van der Waals surface area contributed by atoms with Crippen molar-refractivity contribution >= 4 is 5.91 Å². The molecule has 2 aliphatic rings. The summed E-state index contributed by atoms with van der Waals surface area (Å²) < 4.78 is 5.35. The van der Waals surface area contributed by atoms with Crippen molar-refractivity contribution in [3.63, 3.8) is 0 Å². The number of carbonyl (C=O) groups is 1. The van der Waals surface area contributed by atoms with Crippen LogP contribution in [0.3, 0.4) is 0 Å². The van der Waals surface area contributed by atoms with E-state index in [1.54, 1.807) is 0 Å². The van der Waals surface area contributed by atoms with Crippen LogP contribution in [0, 0.1) is 5.92 Å². The Labute approximate surface area is 97.3 Å². The molecule has 2 fully saturated rings. The summed E-state index contributed by atoms with van der Waals surface area (Å²) >= 11 is 0. The van der Waals surface area contributed by atoms with Crippen molar-refractivity contribution in [2.24, 2.45) is 5.92 Å². The molecule has 2 heterocycles. The minimum atomic E-state index is 0.253. The maximum absolute atomic E-state index is 11.8. The lowest BCUT2D eigenvalue weighted by atomic mass is 10.0. The number of hydrogen-bond donors (Lipinski definition) is 1. The van der Waals surface area contributed by atoms with Crippen LogP contribution in [0.4, 0.5) is 0 Å². The maximum atomic E-state index is 11.8. The Morgan fingerprint density at radius 2 is 2.25 bits per heavy atom. The first kappa shape index (κ1) is 11.9. The van der Waals surface area contributed by atoms with Crippen LogP contribution >= 0.6 is 0 Å². The molecule has 2 saturated heterocycles. The molecule has 2 aliphatic heterocycles. The number of carbonyl (C=O) groups excluding carboxylic acids is 1. The second-order valence-corrected chi connectivity index (χ2v) is 4.88. The Hall–Kier alpha value is -0.610. The van der Waals surface area contributed by atoms with Gasteiger partial charge in [0, 0.05) is 25.7 Å². The second-order valence-electron chi connectivity index (χ2n) is 4.88. The molecule has 1 amide bonds. The summed E-state index contributed by atoms with van der Waals surface area (Å²) in [7, 11) is 0. The molecule has 16 heavy (non-hydrogen) atoms. The molecule has 0 aromatic rings. The molecule has 4 nitrogen and oxygen atoms in total. The van der Waals surface area contributed by atoms with Crippen molar-refractivity contribution in [3.8, 4) is 0 Å². The van der Waals surface area contributed by atoms with Gasteiger partial charge in [-0.25, -0.2) is 0 Å². The molecule has 2 unspecified atom stereocenters. The summed E-state index contributed by atoms with van der Waals surface area (Å²) in [4.78, 5) is 13.8. The molecule has 0 bridgehead atoms. The van der Waals surface area contributed by atoms with Crippen LogP contribution in [-0.4, -0.2) is 49.7 Å². The van der Waals surface area contributed by atoms with Gasteiger partial charge in [0.15, 0.2) is 0 Å². The smallest absolute Gasteiger partial charge is 0.236 e. The van der Waals surface area contributed by atoms with Crippen LogP contribution in [0.25, 0.3) is 0 Å². The van der Waals surface area contributed by atoms with E-state index in [9.17, 15) is 4.79 Å². The number of hydrogen-bond acceptors (Lipinski definition) is 3. The Kier molecular flexibility index (Phi) is 4.18. The van der Waals surface area contributed by atoms with E-state index in [-0.39, 0.29) is 5.91 Å². The maximum Gasteiger partial charge on any atom is 0.236 e. The first-order valence-corrected chi connectivity index (χ1v) is 6.36. The van der Waals surface area contributed by atoms with Gasteiger partial charge in [-0.15, -0.1) is 0 Å². The molecular weight excluding hydrogens is 204 g/mol. The van der Waals surface area contributed by atoms with Crippen molar-refractivity contribution in [3.05, 3.63) is 0 Å². The highest BCUT2D eigenvalue weighted by molar-refractivity contribution is 5.78. The average molecular weight is 226 g/mol. The monoisotopic (exact) mass is 226 g/mol. The Balaban J connectivity index is 1.67. The van der Waals surface area contributed by atoms with Crippen LogP contribution in [0.15, 0.2) is 0 Å². The Morgan fingerprint density at radius 1 is 1.50 bits per heavy atom. The van der Waals surface area contributed by atoms with Crippen LogP contribution in [0.1, 0.15) is 26.2 Å². The van der Waals surface area contributed by atoms with Gasteiger partial charge in [0.2, 0.25) is 5.91 Å². The van der Waals surface area contributed by atoms with Crippen LogP contribution in [0.2, 0.25) is 0 Å². The number of rotatable bonds is 4. The zero-order valence-corrected chi connectivity index (χ0v) is 10.1. The third kappa shape index (κ3) is 2.95. The largest absolute Gasteiger partial charge is 0.381 e. The molecule has 0 aliphatic carbocycles. The minimum Gasteiger partial charge on any atom is -0.381 e. The number of likely N-dealkylation sites (tertiary alicyclic amines) is 1. The number of nitrogens with one attached hydrogen (secondary N) is 1. The fraction of sp³-hybridized carbons (Fsp3) is 0.917. The molecular formula is C12H22N2O2. The first-order valence-electron chi connectivity index (χ1n) is 6.36. The lowest BCUT2D eigenvalue weighted by Crippen LogP contribution is -2.42. The topological polar surface area (TPSA) is 41.6 Å². The standard InChI is InChI=1S/C12H22N2O2/c1-10(11-4-7-16-9-11)13-8-12(15)14-5-2-3-6-14/h10-11,13H,2-9H2,1H3. The SMILES string of the molecule is CC(NCC(=O)N1CCCC1)C1CCOC1. The van der Waals surface area contributed by atoms with Gasteiger partial charge in [0.1, 0.15) is 0 Å². The van der Waals surface area contributed by atoms with Crippen LogP contribution in [-0.2, 0) is 9.53 Å². The van der Waals surface area contributed by atoms with Gasteiger partial charge in [0.05, 0.1) is 13.2 Å². The second kappa shape index (κ2) is 5.64. The third-order valence-corrected chi connectivity index (χ3v) is 3.71. The van der Waals surface area contributed by atoms with E-state index in [4.69, 9.17) is 4.74 Å². The molecule has 92 valence electrons. The summed E-state index contributed by atoms with van der Waals surface area (Å²) in [6.07, 6.45) is 3.45. The molecule has 1 N–H and O–H groups in total. The highest BCUT2D eigenvalue weighted by Gasteiger charge is 2.23. The van der Waals surface area contributed by atoms with Crippen molar-refractivity contribution in [2.75, 3.05) is 32.8 Å². The molecule has 4 heteroatoms. The van der Waals surface area contributed by atoms with Gasteiger partial charge in [-0.05, 0) is 32.1 Å². The van der Waals surface area contributed by atoms with Gasteiger partial charge >= 0.3 is 0 Å². The van der Waals surface area contributed by atoms with Gasteiger partial charge < -0.3 is 15.0 Å². The van der Waals surface area contributed by atoms with E-state index < -0.39 is 0 Å². The summed E-state index contributed by atoms with van der Waals surface area (Å²) in [5.41, 5.74) is 0. The van der Waals surface area contributed by atoms with Gasteiger partial charge in [-0.1, -0.05) is 0 Å². The van der Waals surface area contributed by atoms with E-state index in [0.717, 1.165) is 45.6 Å². The average Bonchev–Trinajstić information content (AvgIpc) is 2.95.